The van der Waals surface area contributed by atoms with Crippen molar-refractivity contribution in [1.82, 2.24) is 4.31 Å². The number of hydrogen-bond donors (Lipinski definition) is 0. The Morgan fingerprint density at radius 2 is 1.95 bits per heavy atom. The Balaban J connectivity index is 2.32. The quantitative estimate of drug-likeness (QED) is 0.857. The first-order valence-electron chi connectivity index (χ1n) is 7.00. The van der Waals surface area contributed by atoms with Gasteiger partial charge in [0.05, 0.1) is 17.4 Å². The maximum absolute atomic E-state index is 12.7. The molecule has 0 spiro atoms. The predicted molar refractivity (Wildman–Crippen MR) is 77.6 cm³/mol. The molecule has 0 aliphatic carbocycles. The molecule has 2 atom stereocenters. The van der Waals surface area contributed by atoms with Gasteiger partial charge in [-0.05, 0) is 43.9 Å². The Labute approximate surface area is 121 Å². The third-order valence-corrected chi connectivity index (χ3v) is 6.05. The number of rotatable bonds is 4. The molecule has 1 heterocycles. The Morgan fingerprint density at radius 3 is 2.50 bits per heavy atom. The van der Waals surface area contributed by atoms with Gasteiger partial charge in [0.25, 0.3) is 0 Å². The van der Waals surface area contributed by atoms with Crippen LogP contribution in [0.4, 0.5) is 0 Å². The Morgan fingerprint density at radius 1 is 1.30 bits per heavy atom. The van der Waals surface area contributed by atoms with Crippen molar-refractivity contribution < 1.29 is 8.42 Å². The Kier molecular flexibility index (Phi) is 4.46. The number of nitriles is 1. The van der Waals surface area contributed by atoms with Crippen molar-refractivity contribution in [3.63, 3.8) is 0 Å². The van der Waals surface area contributed by atoms with Crippen LogP contribution < -0.4 is 0 Å². The molecule has 0 radical (unpaired) electrons. The molecule has 0 bridgehead atoms. The molecule has 0 aromatic heterocycles. The minimum absolute atomic E-state index is 0.0590. The molecular formula is C15H20N2O2S. The van der Waals surface area contributed by atoms with E-state index < -0.39 is 10.0 Å². The van der Waals surface area contributed by atoms with Gasteiger partial charge in [0, 0.05) is 12.1 Å². The average molecular weight is 292 g/mol. The van der Waals surface area contributed by atoms with E-state index in [4.69, 9.17) is 5.26 Å². The van der Waals surface area contributed by atoms with Gasteiger partial charge in [-0.25, -0.2) is 8.42 Å². The summed E-state index contributed by atoms with van der Waals surface area (Å²) in [6.45, 7) is 4.00. The predicted octanol–water partition coefficient (Wildman–Crippen LogP) is 2.70. The van der Waals surface area contributed by atoms with Crippen LogP contribution in [0.15, 0.2) is 29.2 Å². The summed E-state index contributed by atoms with van der Waals surface area (Å²) in [5.74, 6) is 0. The molecule has 1 aliphatic heterocycles. The number of hydrogen-bond acceptors (Lipinski definition) is 3. The van der Waals surface area contributed by atoms with Gasteiger partial charge in [0.2, 0.25) is 10.0 Å². The molecule has 1 saturated heterocycles. The first-order valence-corrected chi connectivity index (χ1v) is 8.44. The zero-order valence-corrected chi connectivity index (χ0v) is 12.7. The van der Waals surface area contributed by atoms with E-state index in [9.17, 15) is 8.42 Å². The maximum atomic E-state index is 12.7. The van der Waals surface area contributed by atoms with Crippen LogP contribution in [0.25, 0.3) is 0 Å². The number of sulfonamides is 1. The topological polar surface area (TPSA) is 61.2 Å². The van der Waals surface area contributed by atoms with Crippen molar-refractivity contribution in [2.45, 2.75) is 56.5 Å². The summed E-state index contributed by atoms with van der Waals surface area (Å²) >= 11 is 0. The SMILES string of the molecule is CCC1CCC(C)N1S(=O)(=O)c1ccc(CC#N)cc1. The molecule has 1 aliphatic rings. The summed E-state index contributed by atoms with van der Waals surface area (Å²) in [4.78, 5) is 0.325. The highest BCUT2D eigenvalue weighted by atomic mass is 32.2. The molecule has 2 rings (SSSR count). The second-order valence-electron chi connectivity index (χ2n) is 5.30. The van der Waals surface area contributed by atoms with E-state index in [2.05, 4.69) is 6.07 Å². The molecule has 0 amide bonds. The van der Waals surface area contributed by atoms with Crippen LogP contribution >= 0.6 is 0 Å². The summed E-state index contributed by atoms with van der Waals surface area (Å²) in [6.07, 6.45) is 3.00. The van der Waals surface area contributed by atoms with Crippen LogP contribution in [-0.2, 0) is 16.4 Å². The minimum Gasteiger partial charge on any atom is -0.207 e. The molecular weight excluding hydrogens is 272 g/mol. The van der Waals surface area contributed by atoms with Crippen LogP contribution in [0.5, 0.6) is 0 Å². The zero-order chi connectivity index (χ0) is 14.8. The molecule has 2 unspecified atom stereocenters. The summed E-state index contributed by atoms with van der Waals surface area (Å²) in [7, 11) is -3.43. The van der Waals surface area contributed by atoms with Crippen molar-refractivity contribution in [1.29, 1.82) is 5.26 Å². The fourth-order valence-corrected chi connectivity index (χ4v) is 4.81. The van der Waals surface area contributed by atoms with Crippen molar-refractivity contribution in [3.8, 4) is 6.07 Å². The van der Waals surface area contributed by atoms with Crippen LogP contribution in [0.1, 0.15) is 38.7 Å². The van der Waals surface area contributed by atoms with E-state index in [0.717, 1.165) is 24.8 Å². The van der Waals surface area contributed by atoms with Gasteiger partial charge in [-0.1, -0.05) is 19.1 Å². The van der Waals surface area contributed by atoms with Gasteiger partial charge in [-0.2, -0.15) is 9.57 Å². The van der Waals surface area contributed by atoms with E-state index in [0.29, 0.717) is 11.3 Å². The highest BCUT2D eigenvalue weighted by molar-refractivity contribution is 7.89. The van der Waals surface area contributed by atoms with Crippen molar-refractivity contribution in [3.05, 3.63) is 29.8 Å². The first kappa shape index (κ1) is 15.0. The van der Waals surface area contributed by atoms with Gasteiger partial charge in [-0.15, -0.1) is 0 Å². The van der Waals surface area contributed by atoms with E-state index in [1.807, 2.05) is 13.8 Å². The van der Waals surface area contributed by atoms with Crippen LogP contribution in [-0.4, -0.2) is 24.8 Å². The highest BCUT2D eigenvalue weighted by Gasteiger charge is 2.38. The van der Waals surface area contributed by atoms with E-state index in [1.54, 1.807) is 28.6 Å². The lowest BCUT2D eigenvalue weighted by atomic mass is 10.2. The van der Waals surface area contributed by atoms with Gasteiger partial charge in [0.15, 0.2) is 0 Å². The molecule has 0 N–H and O–H groups in total. The van der Waals surface area contributed by atoms with Gasteiger partial charge < -0.3 is 0 Å². The normalized spacial score (nSPS) is 23.6. The number of nitrogens with zero attached hydrogens (tertiary/aromatic N) is 2. The first-order chi connectivity index (χ1) is 9.50. The second kappa shape index (κ2) is 5.94. The molecule has 20 heavy (non-hydrogen) atoms. The van der Waals surface area contributed by atoms with Crippen LogP contribution in [0, 0.1) is 11.3 Å². The molecule has 4 nitrogen and oxygen atoms in total. The lowest BCUT2D eigenvalue weighted by Gasteiger charge is -2.27. The molecule has 108 valence electrons. The minimum atomic E-state index is -3.43. The zero-order valence-electron chi connectivity index (χ0n) is 11.9. The van der Waals surface area contributed by atoms with Gasteiger partial charge in [-0.3, -0.25) is 0 Å². The molecule has 5 heteroatoms. The number of benzene rings is 1. The fourth-order valence-electron chi connectivity index (χ4n) is 2.86. The summed E-state index contributed by atoms with van der Waals surface area (Å²) in [5.41, 5.74) is 0.841. The van der Waals surface area contributed by atoms with E-state index in [1.165, 1.54) is 0 Å². The summed E-state index contributed by atoms with van der Waals surface area (Å²) in [5, 5.41) is 8.65. The third kappa shape index (κ3) is 2.72. The fraction of sp³-hybridized carbons (Fsp3) is 0.533. The van der Waals surface area contributed by atoms with Crippen molar-refractivity contribution in [2.75, 3.05) is 0 Å². The molecule has 0 saturated carbocycles. The van der Waals surface area contributed by atoms with Crippen LogP contribution in [0.2, 0.25) is 0 Å². The summed E-state index contributed by atoms with van der Waals surface area (Å²) < 4.78 is 27.1. The highest BCUT2D eigenvalue weighted by Crippen LogP contribution is 2.32. The second-order valence-corrected chi connectivity index (χ2v) is 7.15. The van der Waals surface area contributed by atoms with Crippen LogP contribution in [0.3, 0.4) is 0 Å². The van der Waals surface area contributed by atoms with E-state index in [-0.39, 0.29) is 12.1 Å². The molecule has 1 aromatic carbocycles. The smallest absolute Gasteiger partial charge is 0.207 e. The van der Waals surface area contributed by atoms with Crippen molar-refractivity contribution in [2.24, 2.45) is 0 Å². The monoisotopic (exact) mass is 292 g/mol. The molecule has 1 fully saturated rings. The Hall–Kier alpha value is -1.38. The lowest BCUT2D eigenvalue weighted by molar-refractivity contribution is 0.328. The largest absolute Gasteiger partial charge is 0.243 e. The Bertz CT molecular complexity index is 602. The summed E-state index contributed by atoms with van der Waals surface area (Å²) in [6, 6.07) is 8.89. The molecule has 1 aromatic rings. The average Bonchev–Trinajstić information content (AvgIpc) is 2.81. The lowest BCUT2D eigenvalue weighted by Crippen LogP contribution is -2.39. The standard InChI is InChI=1S/C15H20N2O2S/c1-3-14-7-4-12(2)17(14)20(18,19)15-8-5-13(6-9-15)10-11-16/h5-6,8-9,12,14H,3-4,7,10H2,1-2H3. The van der Waals surface area contributed by atoms with Gasteiger partial charge >= 0.3 is 0 Å². The van der Waals surface area contributed by atoms with Crippen molar-refractivity contribution >= 4 is 10.0 Å². The van der Waals surface area contributed by atoms with E-state index >= 15 is 0 Å². The third-order valence-electron chi connectivity index (χ3n) is 3.97. The maximum Gasteiger partial charge on any atom is 0.243 e. The van der Waals surface area contributed by atoms with Gasteiger partial charge in [0.1, 0.15) is 0 Å².